The van der Waals surface area contributed by atoms with Gasteiger partial charge in [-0.15, -0.1) is 0 Å². The molecule has 0 unspecified atom stereocenters. The predicted molar refractivity (Wildman–Crippen MR) is 82.4 cm³/mol. The SMILES string of the molecule is Cc1cc(Oc2cccc(N(C)C)c2)c(CN)c(C)n1. The maximum atomic E-state index is 6.01. The molecule has 0 amide bonds. The Morgan fingerprint density at radius 1 is 1.20 bits per heavy atom. The first-order valence-corrected chi connectivity index (χ1v) is 6.63. The summed E-state index contributed by atoms with van der Waals surface area (Å²) in [5, 5.41) is 0. The smallest absolute Gasteiger partial charge is 0.135 e. The maximum Gasteiger partial charge on any atom is 0.135 e. The molecule has 0 spiro atoms. The van der Waals surface area contributed by atoms with Crippen LogP contribution < -0.4 is 15.4 Å². The summed E-state index contributed by atoms with van der Waals surface area (Å²) in [6.07, 6.45) is 0. The van der Waals surface area contributed by atoms with Gasteiger partial charge in [0.15, 0.2) is 0 Å². The van der Waals surface area contributed by atoms with E-state index in [-0.39, 0.29) is 0 Å². The second-order valence-electron chi connectivity index (χ2n) is 5.02. The van der Waals surface area contributed by atoms with Crippen molar-refractivity contribution < 1.29 is 4.74 Å². The zero-order valence-corrected chi connectivity index (χ0v) is 12.5. The molecule has 4 heteroatoms. The fraction of sp³-hybridized carbons (Fsp3) is 0.312. The van der Waals surface area contributed by atoms with Gasteiger partial charge in [-0.05, 0) is 26.0 Å². The lowest BCUT2D eigenvalue weighted by atomic mass is 10.1. The highest BCUT2D eigenvalue weighted by Gasteiger charge is 2.10. The first kappa shape index (κ1) is 14.3. The van der Waals surface area contributed by atoms with E-state index in [9.17, 15) is 0 Å². The van der Waals surface area contributed by atoms with Crippen molar-refractivity contribution in [2.24, 2.45) is 5.73 Å². The molecular weight excluding hydrogens is 250 g/mol. The van der Waals surface area contributed by atoms with Crippen LogP contribution in [-0.4, -0.2) is 19.1 Å². The van der Waals surface area contributed by atoms with Gasteiger partial charge in [-0.3, -0.25) is 4.98 Å². The second kappa shape index (κ2) is 5.92. The van der Waals surface area contributed by atoms with E-state index in [2.05, 4.69) is 4.98 Å². The molecule has 0 aliphatic rings. The number of anilines is 1. The van der Waals surface area contributed by atoms with Gasteiger partial charge in [0.25, 0.3) is 0 Å². The Hall–Kier alpha value is -2.07. The Labute approximate surface area is 120 Å². The van der Waals surface area contributed by atoms with Gasteiger partial charge in [0.2, 0.25) is 0 Å². The molecule has 1 aromatic carbocycles. The third kappa shape index (κ3) is 3.08. The van der Waals surface area contributed by atoms with E-state index < -0.39 is 0 Å². The summed E-state index contributed by atoms with van der Waals surface area (Å²) in [4.78, 5) is 6.47. The van der Waals surface area contributed by atoms with Gasteiger partial charge in [0, 0.05) is 55.4 Å². The topological polar surface area (TPSA) is 51.4 Å². The van der Waals surface area contributed by atoms with Crippen molar-refractivity contribution in [1.82, 2.24) is 4.98 Å². The van der Waals surface area contributed by atoms with Gasteiger partial charge >= 0.3 is 0 Å². The predicted octanol–water partition coefficient (Wildman–Crippen LogP) is 3.02. The molecule has 0 fully saturated rings. The first-order chi connectivity index (χ1) is 9.51. The number of ether oxygens (including phenoxy) is 1. The van der Waals surface area contributed by atoms with Crippen LogP contribution >= 0.6 is 0 Å². The average Bonchev–Trinajstić information content (AvgIpc) is 2.38. The molecule has 0 bridgehead atoms. The summed E-state index contributed by atoms with van der Waals surface area (Å²) in [6.45, 7) is 4.33. The Morgan fingerprint density at radius 2 is 1.95 bits per heavy atom. The molecule has 2 aromatic rings. The highest BCUT2D eigenvalue weighted by molar-refractivity contribution is 5.51. The van der Waals surface area contributed by atoms with E-state index in [0.29, 0.717) is 6.54 Å². The standard InChI is InChI=1S/C16H21N3O/c1-11-8-16(15(10-17)12(2)18-11)20-14-7-5-6-13(9-14)19(3)4/h5-9H,10,17H2,1-4H3. The number of aryl methyl sites for hydroxylation is 2. The number of benzene rings is 1. The third-order valence-electron chi connectivity index (χ3n) is 3.18. The summed E-state index contributed by atoms with van der Waals surface area (Å²) in [5.74, 6) is 1.59. The van der Waals surface area contributed by atoms with Crippen LogP contribution in [0, 0.1) is 13.8 Å². The lowest BCUT2D eigenvalue weighted by Gasteiger charge is -2.16. The molecule has 1 aromatic heterocycles. The highest BCUT2D eigenvalue weighted by Crippen LogP contribution is 2.29. The first-order valence-electron chi connectivity index (χ1n) is 6.63. The molecule has 106 valence electrons. The van der Waals surface area contributed by atoms with E-state index in [0.717, 1.165) is 34.1 Å². The second-order valence-corrected chi connectivity index (χ2v) is 5.02. The largest absolute Gasteiger partial charge is 0.457 e. The molecule has 2 N–H and O–H groups in total. The quantitative estimate of drug-likeness (QED) is 0.928. The molecule has 0 aliphatic heterocycles. The normalized spacial score (nSPS) is 10.4. The lowest BCUT2D eigenvalue weighted by molar-refractivity contribution is 0.474. The number of nitrogens with zero attached hydrogens (tertiary/aromatic N) is 2. The zero-order valence-electron chi connectivity index (χ0n) is 12.5. The summed E-state index contributed by atoms with van der Waals surface area (Å²) in [6, 6.07) is 9.90. The van der Waals surface area contributed by atoms with Crippen molar-refractivity contribution in [1.29, 1.82) is 0 Å². The Morgan fingerprint density at radius 3 is 2.60 bits per heavy atom. The number of hydrogen-bond acceptors (Lipinski definition) is 4. The maximum absolute atomic E-state index is 6.01. The molecule has 20 heavy (non-hydrogen) atoms. The van der Waals surface area contributed by atoms with Gasteiger partial charge < -0.3 is 15.4 Å². The van der Waals surface area contributed by atoms with E-state index in [1.54, 1.807) is 0 Å². The molecule has 2 rings (SSSR count). The highest BCUT2D eigenvalue weighted by atomic mass is 16.5. The minimum Gasteiger partial charge on any atom is -0.457 e. The van der Waals surface area contributed by atoms with Crippen molar-refractivity contribution in [2.75, 3.05) is 19.0 Å². The fourth-order valence-electron chi connectivity index (χ4n) is 2.11. The minimum atomic E-state index is 0.418. The van der Waals surface area contributed by atoms with Gasteiger partial charge in [-0.2, -0.15) is 0 Å². The van der Waals surface area contributed by atoms with Crippen LogP contribution in [0.2, 0.25) is 0 Å². The fourth-order valence-corrected chi connectivity index (χ4v) is 2.11. The van der Waals surface area contributed by atoms with Crippen LogP contribution in [0.4, 0.5) is 5.69 Å². The number of nitrogens with two attached hydrogens (primary N) is 1. The molecule has 4 nitrogen and oxygen atoms in total. The van der Waals surface area contributed by atoms with Crippen molar-refractivity contribution in [2.45, 2.75) is 20.4 Å². The molecule has 0 aliphatic carbocycles. The molecule has 0 atom stereocenters. The van der Waals surface area contributed by atoms with Crippen molar-refractivity contribution in [3.8, 4) is 11.5 Å². The van der Waals surface area contributed by atoms with Crippen molar-refractivity contribution >= 4 is 5.69 Å². The van der Waals surface area contributed by atoms with Crippen LogP contribution in [0.3, 0.4) is 0 Å². The summed E-state index contributed by atoms with van der Waals surface area (Å²) in [5.41, 5.74) is 9.70. The number of aromatic nitrogens is 1. The minimum absolute atomic E-state index is 0.418. The van der Waals surface area contributed by atoms with E-state index >= 15 is 0 Å². The number of rotatable bonds is 4. The van der Waals surface area contributed by atoms with Gasteiger partial charge in [-0.25, -0.2) is 0 Å². The van der Waals surface area contributed by atoms with E-state index in [4.69, 9.17) is 10.5 Å². The molecule has 0 saturated carbocycles. The average molecular weight is 271 g/mol. The van der Waals surface area contributed by atoms with E-state index in [1.807, 2.05) is 63.2 Å². The van der Waals surface area contributed by atoms with Crippen molar-refractivity contribution in [3.63, 3.8) is 0 Å². The van der Waals surface area contributed by atoms with Crippen LogP contribution in [0.1, 0.15) is 17.0 Å². The monoisotopic (exact) mass is 271 g/mol. The molecular formula is C16H21N3O. The van der Waals surface area contributed by atoms with Crippen LogP contribution in [0.25, 0.3) is 0 Å². The van der Waals surface area contributed by atoms with Crippen LogP contribution in [0.15, 0.2) is 30.3 Å². The third-order valence-corrected chi connectivity index (χ3v) is 3.18. The summed E-state index contributed by atoms with van der Waals surface area (Å²) < 4.78 is 6.01. The number of hydrogen-bond donors (Lipinski definition) is 1. The Balaban J connectivity index is 2.37. The van der Waals surface area contributed by atoms with Crippen LogP contribution in [-0.2, 0) is 6.54 Å². The van der Waals surface area contributed by atoms with Crippen LogP contribution in [0.5, 0.6) is 11.5 Å². The summed E-state index contributed by atoms with van der Waals surface area (Å²) in [7, 11) is 4.01. The number of pyridine rings is 1. The van der Waals surface area contributed by atoms with E-state index in [1.165, 1.54) is 0 Å². The molecule has 0 radical (unpaired) electrons. The van der Waals surface area contributed by atoms with Gasteiger partial charge in [-0.1, -0.05) is 6.07 Å². The lowest BCUT2D eigenvalue weighted by Crippen LogP contribution is -2.08. The molecule has 1 heterocycles. The van der Waals surface area contributed by atoms with Crippen molar-refractivity contribution in [3.05, 3.63) is 47.3 Å². The Bertz CT molecular complexity index is 609. The molecule has 0 saturated heterocycles. The zero-order chi connectivity index (χ0) is 14.7. The van der Waals surface area contributed by atoms with Gasteiger partial charge in [0.1, 0.15) is 11.5 Å². The Kier molecular flexibility index (Phi) is 4.25. The summed E-state index contributed by atoms with van der Waals surface area (Å²) >= 11 is 0. The van der Waals surface area contributed by atoms with Gasteiger partial charge in [0.05, 0.1) is 0 Å².